The van der Waals surface area contributed by atoms with Crippen molar-refractivity contribution in [1.82, 2.24) is 0 Å². The molecule has 3 rings (SSSR count). The first-order valence-corrected chi connectivity index (χ1v) is 10.7. The zero-order valence-electron chi connectivity index (χ0n) is 15.5. The summed E-state index contributed by atoms with van der Waals surface area (Å²) in [5, 5.41) is 2.59. The summed E-state index contributed by atoms with van der Waals surface area (Å²) >= 11 is 0. The van der Waals surface area contributed by atoms with Gasteiger partial charge in [0, 0.05) is 0 Å². The molecule has 0 fully saturated rings. The van der Waals surface area contributed by atoms with Gasteiger partial charge in [0.2, 0.25) is 0 Å². The Labute approximate surface area is 152 Å². The van der Waals surface area contributed by atoms with Crippen molar-refractivity contribution in [3.05, 3.63) is 90.5 Å². The van der Waals surface area contributed by atoms with Gasteiger partial charge in [-0.1, -0.05) is 99.1 Å². The molecule has 0 aliphatic carbocycles. The average molecular weight is 347 g/mol. The second-order valence-corrected chi connectivity index (χ2v) is 11.8. The topological polar surface area (TPSA) is 9.23 Å². The van der Waals surface area contributed by atoms with Crippen molar-refractivity contribution in [2.45, 2.75) is 32.7 Å². The standard InChI is InChI=1S/C23H26OSi/c1-19-15-17-20(18-16-19)24-25(23(2,3)4,21-11-7-5-8-12-21)22-13-9-6-10-14-22/h5-18H,1-4H3. The normalized spacial score (nSPS) is 12.0. The Bertz CT molecular complexity index is 763. The quantitative estimate of drug-likeness (QED) is 0.608. The number of rotatable bonds is 4. The van der Waals surface area contributed by atoms with Crippen LogP contribution in [0.3, 0.4) is 0 Å². The Kier molecular flexibility index (Phi) is 4.82. The summed E-state index contributed by atoms with van der Waals surface area (Å²) in [5.74, 6) is 0.944. The molecule has 0 saturated carbocycles. The van der Waals surface area contributed by atoms with Crippen LogP contribution in [0, 0.1) is 6.92 Å². The Morgan fingerprint density at radius 1 is 0.640 bits per heavy atom. The van der Waals surface area contributed by atoms with Gasteiger partial charge in [-0.25, -0.2) is 0 Å². The van der Waals surface area contributed by atoms with Crippen LogP contribution in [-0.2, 0) is 0 Å². The van der Waals surface area contributed by atoms with Crippen molar-refractivity contribution in [3.63, 3.8) is 0 Å². The maximum atomic E-state index is 6.93. The van der Waals surface area contributed by atoms with Crippen molar-refractivity contribution >= 4 is 18.7 Å². The van der Waals surface area contributed by atoms with Crippen LogP contribution in [-0.4, -0.2) is 8.32 Å². The number of benzene rings is 3. The highest BCUT2D eigenvalue weighted by Gasteiger charge is 2.52. The van der Waals surface area contributed by atoms with Crippen LogP contribution in [0.1, 0.15) is 26.3 Å². The van der Waals surface area contributed by atoms with Gasteiger partial charge in [-0.05, 0) is 34.5 Å². The molecule has 0 amide bonds. The molecule has 25 heavy (non-hydrogen) atoms. The molecule has 0 N–H and O–H groups in total. The highest BCUT2D eigenvalue weighted by atomic mass is 28.4. The molecule has 0 aliphatic heterocycles. The summed E-state index contributed by atoms with van der Waals surface area (Å²) in [7, 11) is -2.51. The maximum Gasteiger partial charge on any atom is 0.319 e. The third-order valence-corrected chi connectivity index (χ3v) is 9.66. The highest BCUT2D eigenvalue weighted by molar-refractivity contribution is 7.00. The van der Waals surface area contributed by atoms with Crippen LogP contribution >= 0.6 is 0 Å². The van der Waals surface area contributed by atoms with E-state index in [1.165, 1.54) is 15.9 Å². The van der Waals surface area contributed by atoms with Gasteiger partial charge >= 0.3 is 8.32 Å². The molecule has 0 heterocycles. The highest BCUT2D eigenvalue weighted by Crippen LogP contribution is 2.37. The second-order valence-electron chi connectivity index (χ2n) is 7.58. The number of hydrogen-bond donors (Lipinski definition) is 0. The molecule has 0 saturated heterocycles. The summed E-state index contributed by atoms with van der Waals surface area (Å²) in [6.07, 6.45) is 0. The fourth-order valence-corrected chi connectivity index (χ4v) is 7.85. The van der Waals surface area contributed by atoms with E-state index in [-0.39, 0.29) is 5.04 Å². The van der Waals surface area contributed by atoms with E-state index in [0.29, 0.717) is 0 Å². The van der Waals surface area contributed by atoms with E-state index in [1.807, 2.05) is 0 Å². The first-order valence-electron chi connectivity index (χ1n) is 8.80. The fourth-order valence-electron chi connectivity index (χ4n) is 3.43. The number of aryl methyl sites for hydroxylation is 1. The van der Waals surface area contributed by atoms with Crippen LogP contribution in [0.2, 0.25) is 5.04 Å². The van der Waals surface area contributed by atoms with E-state index >= 15 is 0 Å². The Morgan fingerprint density at radius 3 is 1.48 bits per heavy atom. The molecule has 0 bridgehead atoms. The molecule has 3 aromatic rings. The van der Waals surface area contributed by atoms with E-state index in [2.05, 4.69) is 113 Å². The van der Waals surface area contributed by atoms with Crippen molar-refractivity contribution < 1.29 is 4.43 Å². The van der Waals surface area contributed by atoms with Gasteiger partial charge in [-0.15, -0.1) is 0 Å². The SMILES string of the molecule is Cc1ccc(O[Si](c2ccccc2)(c2ccccc2)C(C)(C)C)cc1. The lowest BCUT2D eigenvalue weighted by Gasteiger charge is -2.43. The Morgan fingerprint density at radius 2 is 1.08 bits per heavy atom. The molecule has 0 spiro atoms. The van der Waals surface area contributed by atoms with Gasteiger partial charge in [-0.3, -0.25) is 0 Å². The monoisotopic (exact) mass is 346 g/mol. The Hall–Kier alpha value is -2.32. The van der Waals surface area contributed by atoms with Gasteiger partial charge in [0.15, 0.2) is 0 Å². The minimum Gasteiger partial charge on any atom is -0.534 e. The maximum absolute atomic E-state index is 6.93. The van der Waals surface area contributed by atoms with Crippen molar-refractivity contribution in [1.29, 1.82) is 0 Å². The predicted octanol–water partition coefficient (Wildman–Crippen LogP) is 4.93. The van der Waals surface area contributed by atoms with Gasteiger partial charge in [0.1, 0.15) is 5.75 Å². The van der Waals surface area contributed by atoms with Crippen LogP contribution in [0.4, 0.5) is 0 Å². The second kappa shape index (κ2) is 6.89. The van der Waals surface area contributed by atoms with E-state index in [4.69, 9.17) is 4.43 Å². The van der Waals surface area contributed by atoms with Crippen molar-refractivity contribution in [2.75, 3.05) is 0 Å². The van der Waals surface area contributed by atoms with Crippen LogP contribution in [0.25, 0.3) is 0 Å². The molecule has 0 unspecified atom stereocenters. The van der Waals surface area contributed by atoms with Gasteiger partial charge in [-0.2, -0.15) is 0 Å². The van der Waals surface area contributed by atoms with Crippen LogP contribution in [0.5, 0.6) is 5.75 Å². The molecule has 128 valence electrons. The lowest BCUT2D eigenvalue weighted by atomic mass is 10.2. The van der Waals surface area contributed by atoms with Gasteiger partial charge in [0.25, 0.3) is 0 Å². The summed E-state index contributed by atoms with van der Waals surface area (Å²) in [5.41, 5.74) is 1.25. The lowest BCUT2D eigenvalue weighted by Crippen LogP contribution is -2.68. The minimum atomic E-state index is -2.51. The summed E-state index contributed by atoms with van der Waals surface area (Å²) in [6, 6.07) is 29.9. The number of hydrogen-bond acceptors (Lipinski definition) is 1. The Balaban J connectivity index is 2.23. The molecule has 2 heteroatoms. The van der Waals surface area contributed by atoms with E-state index in [9.17, 15) is 0 Å². The molecule has 1 nitrogen and oxygen atoms in total. The molecule has 0 atom stereocenters. The van der Waals surface area contributed by atoms with Crippen molar-refractivity contribution in [3.8, 4) is 5.75 Å². The zero-order valence-corrected chi connectivity index (χ0v) is 16.5. The smallest absolute Gasteiger partial charge is 0.319 e. The summed E-state index contributed by atoms with van der Waals surface area (Å²) < 4.78 is 6.93. The van der Waals surface area contributed by atoms with E-state index < -0.39 is 8.32 Å². The molecule has 0 aromatic heterocycles. The third-order valence-electron chi connectivity index (χ3n) is 4.71. The summed E-state index contributed by atoms with van der Waals surface area (Å²) in [6.45, 7) is 9.00. The minimum absolute atomic E-state index is 0.0133. The van der Waals surface area contributed by atoms with Crippen LogP contribution in [0.15, 0.2) is 84.9 Å². The largest absolute Gasteiger partial charge is 0.534 e. The van der Waals surface area contributed by atoms with Gasteiger partial charge < -0.3 is 4.43 Å². The lowest BCUT2D eigenvalue weighted by molar-refractivity contribution is 0.508. The summed E-state index contributed by atoms with van der Waals surface area (Å²) in [4.78, 5) is 0. The molecule has 3 aromatic carbocycles. The predicted molar refractivity (Wildman–Crippen MR) is 109 cm³/mol. The van der Waals surface area contributed by atoms with Gasteiger partial charge in [0.05, 0.1) is 0 Å². The zero-order chi connectivity index (χ0) is 17.9. The van der Waals surface area contributed by atoms with E-state index in [1.54, 1.807) is 0 Å². The average Bonchev–Trinajstić information content (AvgIpc) is 2.62. The van der Waals surface area contributed by atoms with Crippen molar-refractivity contribution in [2.24, 2.45) is 0 Å². The third kappa shape index (κ3) is 3.40. The first-order chi connectivity index (χ1) is 11.9. The first kappa shape index (κ1) is 17.5. The molecular weight excluding hydrogens is 320 g/mol. The fraction of sp³-hybridized carbons (Fsp3) is 0.217. The molecule has 0 aliphatic rings. The molecular formula is C23H26OSi. The molecule has 0 radical (unpaired) electrons. The van der Waals surface area contributed by atoms with Crippen LogP contribution < -0.4 is 14.8 Å². The van der Waals surface area contributed by atoms with E-state index in [0.717, 1.165) is 5.75 Å².